The van der Waals surface area contributed by atoms with Gasteiger partial charge in [0.25, 0.3) is 0 Å². The van der Waals surface area contributed by atoms with Gasteiger partial charge in [-0.15, -0.1) is 0 Å². The summed E-state index contributed by atoms with van der Waals surface area (Å²) in [5.74, 6) is 0.0466. The van der Waals surface area contributed by atoms with Gasteiger partial charge in [-0.3, -0.25) is 0 Å². The summed E-state index contributed by atoms with van der Waals surface area (Å²) in [7, 11) is 0. The fraction of sp³-hybridized carbons (Fsp3) is 0.632. The van der Waals surface area contributed by atoms with Crippen LogP contribution in [0.3, 0.4) is 0 Å². The Bertz CT molecular complexity index is 394. The maximum Gasteiger partial charge on any atom is 0.0674 e. The van der Waals surface area contributed by atoms with E-state index in [0.717, 1.165) is 12.1 Å². The molecule has 1 aromatic carbocycles. The third kappa shape index (κ3) is 7.75. The molecule has 2 unspecified atom stereocenters. The lowest BCUT2D eigenvalue weighted by Gasteiger charge is -2.22. The molecular formula is C19H30N2. The number of rotatable bonds is 11. The molecule has 0 aliphatic heterocycles. The van der Waals surface area contributed by atoms with Crippen molar-refractivity contribution in [1.82, 2.24) is 0 Å². The maximum absolute atomic E-state index is 9.19. The van der Waals surface area contributed by atoms with Gasteiger partial charge >= 0.3 is 0 Å². The molecule has 0 saturated heterocycles. The number of nitriles is 1. The maximum atomic E-state index is 9.19. The van der Waals surface area contributed by atoms with Gasteiger partial charge in [0, 0.05) is 11.7 Å². The van der Waals surface area contributed by atoms with Crippen LogP contribution in [0.5, 0.6) is 0 Å². The number of para-hydroxylation sites is 1. The zero-order valence-electron chi connectivity index (χ0n) is 13.6. The number of nitrogens with zero attached hydrogens (tertiary/aromatic N) is 1. The summed E-state index contributed by atoms with van der Waals surface area (Å²) in [6.45, 7) is 4.27. The van der Waals surface area contributed by atoms with Crippen LogP contribution in [0.1, 0.15) is 65.2 Å². The molecule has 0 bridgehead atoms. The van der Waals surface area contributed by atoms with Crippen LogP contribution in [0, 0.1) is 17.2 Å². The Balaban J connectivity index is 2.29. The van der Waals surface area contributed by atoms with Gasteiger partial charge in [-0.05, 0) is 25.5 Å². The fourth-order valence-corrected chi connectivity index (χ4v) is 2.61. The first-order valence-corrected chi connectivity index (χ1v) is 8.49. The zero-order chi connectivity index (χ0) is 15.3. The molecular weight excluding hydrogens is 256 g/mol. The second-order valence-electron chi connectivity index (χ2n) is 5.94. The van der Waals surface area contributed by atoms with Gasteiger partial charge in [0.1, 0.15) is 0 Å². The highest BCUT2D eigenvalue weighted by Crippen LogP contribution is 2.18. The van der Waals surface area contributed by atoms with E-state index in [2.05, 4.69) is 30.4 Å². The van der Waals surface area contributed by atoms with E-state index in [0.29, 0.717) is 0 Å². The van der Waals surface area contributed by atoms with Crippen LogP contribution >= 0.6 is 0 Å². The largest absolute Gasteiger partial charge is 0.381 e. The van der Waals surface area contributed by atoms with Crippen molar-refractivity contribution in [3.05, 3.63) is 30.3 Å². The van der Waals surface area contributed by atoms with E-state index in [1.54, 1.807) is 0 Å². The molecule has 0 heterocycles. The summed E-state index contributed by atoms with van der Waals surface area (Å²) >= 11 is 0. The first-order chi connectivity index (χ1) is 10.3. The first-order valence-electron chi connectivity index (χ1n) is 8.49. The SMILES string of the molecule is CCCCCCCCCC(Nc1ccccc1)C(C)C#N. The van der Waals surface area contributed by atoms with E-state index < -0.39 is 0 Å². The van der Waals surface area contributed by atoms with Crippen LogP contribution < -0.4 is 5.32 Å². The fourth-order valence-electron chi connectivity index (χ4n) is 2.61. The van der Waals surface area contributed by atoms with Gasteiger partial charge in [0.15, 0.2) is 0 Å². The summed E-state index contributed by atoms with van der Waals surface area (Å²) in [6, 6.07) is 12.9. The molecule has 0 saturated carbocycles. The Morgan fingerprint density at radius 3 is 2.24 bits per heavy atom. The molecule has 1 N–H and O–H groups in total. The second kappa shape index (κ2) is 11.2. The predicted molar refractivity (Wildman–Crippen MR) is 91.2 cm³/mol. The Morgan fingerprint density at radius 1 is 1.00 bits per heavy atom. The van der Waals surface area contributed by atoms with E-state index in [9.17, 15) is 5.26 Å². The highest BCUT2D eigenvalue weighted by molar-refractivity contribution is 5.43. The van der Waals surface area contributed by atoms with E-state index in [1.165, 1.54) is 44.9 Å². The Hall–Kier alpha value is -1.49. The molecule has 2 atom stereocenters. The van der Waals surface area contributed by atoms with Crippen molar-refractivity contribution in [1.29, 1.82) is 5.26 Å². The topological polar surface area (TPSA) is 35.8 Å². The van der Waals surface area contributed by atoms with E-state index in [1.807, 2.05) is 25.1 Å². The standard InChI is InChI=1S/C19H30N2/c1-3-4-5-6-7-8-12-15-19(17(2)16-20)21-18-13-10-9-11-14-18/h9-11,13-14,17,19,21H,3-8,12,15H2,1-2H3. The smallest absolute Gasteiger partial charge is 0.0674 e. The monoisotopic (exact) mass is 286 g/mol. The van der Waals surface area contributed by atoms with Crippen molar-refractivity contribution in [3.8, 4) is 6.07 Å². The number of nitrogens with one attached hydrogen (secondary N) is 1. The molecule has 0 fully saturated rings. The molecule has 2 heteroatoms. The number of hydrogen-bond donors (Lipinski definition) is 1. The average Bonchev–Trinajstić information content (AvgIpc) is 2.53. The molecule has 21 heavy (non-hydrogen) atoms. The van der Waals surface area contributed by atoms with Crippen molar-refractivity contribution in [2.75, 3.05) is 5.32 Å². The highest BCUT2D eigenvalue weighted by Gasteiger charge is 2.16. The van der Waals surface area contributed by atoms with Crippen molar-refractivity contribution in [2.24, 2.45) is 5.92 Å². The van der Waals surface area contributed by atoms with Gasteiger partial charge < -0.3 is 5.32 Å². The van der Waals surface area contributed by atoms with Crippen molar-refractivity contribution < 1.29 is 0 Å². The molecule has 2 nitrogen and oxygen atoms in total. The third-order valence-electron chi connectivity index (χ3n) is 4.05. The van der Waals surface area contributed by atoms with Crippen molar-refractivity contribution >= 4 is 5.69 Å². The lowest BCUT2D eigenvalue weighted by molar-refractivity contribution is 0.497. The van der Waals surface area contributed by atoms with E-state index in [4.69, 9.17) is 0 Å². The molecule has 116 valence electrons. The minimum atomic E-state index is 0.0466. The molecule has 0 spiro atoms. The summed E-state index contributed by atoms with van der Waals surface area (Å²) < 4.78 is 0. The molecule has 0 aliphatic rings. The molecule has 0 radical (unpaired) electrons. The summed E-state index contributed by atoms with van der Waals surface area (Å²) in [4.78, 5) is 0. The minimum absolute atomic E-state index is 0.0466. The lowest BCUT2D eigenvalue weighted by atomic mass is 9.96. The van der Waals surface area contributed by atoms with Crippen molar-refractivity contribution in [2.45, 2.75) is 71.3 Å². The molecule has 1 aromatic rings. The number of unbranched alkanes of at least 4 members (excludes halogenated alkanes) is 6. The first kappa shape index (κ1) is 17.6. The summed E-state index contributed by atoms with van der Waals surface area (Å²) in [6.07, 6.45) is 10.3. The van der Waals surface area contributed by atoms with Gasteiger partial charge in [-0.2, -0.15) is 5.26 Å². The van der Waals surface area contributed by atoms with Crippen molar-refractivity contribution in [3.63, 3.8) is 0 Å². The van der Waals surface area contributed by atoms with Crippen LogP contribution in [0.4, 0.5) is 5.69 Å². The molecule has 0 aliphatic carbocycles. The van der Waals surface area contributed by atoms with Crippen LogP contribution in [-0.4, -0.2) is 6.04 Å². The predicted octanol–water partition coefficient (Wildman–Crippen LogP) is 5.77. The number of benzene rings is 1. The Kier molecular flexibility index (Phi) is 9.37. The number of hydrogen-bond acceptors (Lipinski definition) is 2. The van der Waals surface area contributed by atoms with E-state index in [-0.39, 0.29) is 12.0 Å². The lowest BCUT2D eigenvalue weighted by Crippen LogP contribution is -2.26. The molecule has 0 aromatic heterocycles. The summed E-state index contributed by atoms with van der Waals surface area (Å²) in [5, 5.41) is 12.7. The zero-order valence-corrected chi connectivity index (χ0v) is 13.6. The average molecular weight is 286 g/mol. The normalized spacial score (nSPS) is 13.4. The third-order valence-corrected chi connectivity index (χ3v) is 4.05. The van der Waals surface area contributed by atoms with Gasteiger partial charge in [-0.25, -0.2) is 0 Å². The summed E-state index contributed by atoms with van der Waals surface area (Å²) in [5.41, 5.74) is 1.12. The van der Waals surface area contributed by atoms with Crippen LogP contribution in [0.15, 0.2) is 30.3 Å². The Morgan fingerprint density at radius 2 is 1.62 bits per heavy atom. The highest BCUT2D eigenvalue weighted by atomic mass is 14.9. The van der Waals surface area contributed by atoms with Gasteiger partial charge in [0.2, 0.25) is 0 Å². The van der Waals surface area contributed by atoms with E-state index >= 15 is 0 Å². The van der Waals surface area contributed by atoms with Crippen LogP contribution in [0.25, 0.3) is 0 Å². The Labute approximate surface area is 130 Å². The molecule has 1 rings (SSSR count). The minimum Gasteiger partial charge on any atom is -0.381 e. The van der Waals surface area contributed by atoms with Gasteiger partial charge in [-0.1, -0.05) is 70.1 Å². The van der Waals surface area contributed by atoms with Gasteiger partial charge in [0.05, 0.1) is 12.0 Å². The van der Waals surface area contributed by atoms with Crippen LogP contribution in [-0.2, 0) is 0 Å². The molecule has 0 amide bonds. The second-order valence-corrected chi connectivity index (χ2v) is 5.94. The van der Waals surface area contributed by atoms with Crippen LogP contribution in [0.2, 0.25) is 0 Å². The number of anilines is 1. The quantitative estimate of drug-likeness (QED) is 0.524.